The van der Waals surface area contributed by atoms with Gasteiger partial charge in [0.25, 0.3) is 0 Å². The standard InChI is InChI=1S/C15H20N2O3/c1-12-2-4-13(5-3-12)17-11-14(20-15(17)18)10-16-6-8-19-9-7-16/h2-5,14H,6-11H2,1H3. The molecule has 1 aromatic rings. The van der Waals surface area contributed by atoms with E-state index in [1.165, 1.54) is 5.56 Å². The molecule has 2 aliphatic rings. The maximum Gasteiger partial charge on any atom is 0.414 e. The number of hydrogen-bond donors (Lipinski definition) is 0. The number of aryl methyl sites for hydroxylation is 1. The second kappa shape index (κ2) is 5.81. The molecule has 2 aliphatic heterocycles. The molecule has 0 aromatic heterocycles. The van der Waals surface area contributed by atoms with Gasteiger partial charge < -0.3 is 9.47 Å². The Morgan fingerprint density at radius 2 is 1.90 bits per heavy atom. The number of rotatable bonds is 3. The molecule has 5 nitrogen and oxygen atoms in total. The normalized spacial score (nSPS) is 23.9. The van der Waals surface area contributed by atoms with Crippen LogP contribution in [-0.4, -0.2) is 56.5 Å². The summed E-state index contributed by atoms with van der Waals surface area (Å²) in [5.74, 6) is 0. The molecule has 0 N–H and O–H groups in total. The molecule has 2 fully saturated rings. The number of hydrogen-bond acceptors (Lipinski definition) is 4. The van der Waals surface area contributed by atoms with E-state index in [1.54, 1.807) is 4.90 Å². The molecule has 1 unspecified atom stereocenters. The topological polar surface area (TPSA) is 42.0 Å². The quantitative estimate of drug-likeness (QED) is 0.842. The maximum atomic E-state index is 12.0. The lowest BCUT2D eigenvalue weighted by atomic mass is 10.2. The summed E-state index contributed by atoms with van der Waals surface area (Å²) in [4.78, 5) is 16.0. The molecule has 0 spiro atoms. The minimum absolute atomic E-state index is 0.0538. The highest BCUT2D eigenvalue weighted by Crippen LogP contribution is 2.22. The van der Waals surface area contributed by atoms with Gasteiger partial charge in [-0.1, -0.05) is 17.7 Å². The first-order chi connectivity index (χ1) is 9.72. The molecule has 0 aliphatic carbocycles. The van der Waals surface area contributed by atoms with E-state index in [0.29, 0.717) is 6.54 Å². The van der Waals surface area contributed by atoms with E-state index >= 15 is 0 Å². The van der Waals surface area contributed by atoms with Crippen molar-refractivity contribution < 1.29 is 14.3 Å². The number of benzene rings is 1. The van der Waals surface area contributed by atoms with Crippen LogP contribution in [0.3, 0.4) is 0 Å². The van der Waals surface area contributed by atoms with Gasteiger partial charge in [-0.3, -0.25) is 9.80 Å². The smallest absolute Gasteiger partial charge is 0.414 e. The number of carbonyl (C=O) groups excluding carboxylic acids is 1. The summed E-state index contributed by atoms with van der Waals surface area (Å²) in [6.07, 6.45) is -0.297. The van der Waals surface area contributed by atoms with E-state index in [1.807, 2.05) is 31.2 Å². The lowest BCUT2D eigenvalue weighted by molar-refractivity contribution is 0.0188. The highest BCUT2D eigenvalue weighted by molar-refractivity contribution is 5.89. The molecule has 1 amide bonds. The molecule has 1 aromatic carbocycles. The molecule has 1 atom stereocenters. The third kappa shape index (κ3) is 2.94. The van der Waals surface area contributed by atoms with Gasteiger partial charge in [-0.05, 0) is 19.1 Å². The van der Waals surface area contributed by atoms with Crippen molar-refractivity contribution >= 4 is 11.8 Å². The van der Waals surface area contributed by atoms with Crippen LogP contribution in [0.2, 0.25) is 0 Å². The van der Waals surface area contributed by atoms with E-state index < -0.39 is 0 Å². The Kier molecular flexibility index (Phi) is 3.89. The average molecular weight is 276 g/mol. The molecule has 108 valence electrons. The van der Waals surface area contributed by atoms with Gasteiger partial charge in [0.15, 0.2) is 0 Å². The highest BCUT2D eigenvalue weighted by atomic mass is 16.6. The van der Waals surface area contributed by atoms with Crippen LogP contribution in [0.5, 0.6) is 0 Å². The van der Waals surface area contributed by atoms with Crippen molar-refractivity contribution in [2.24, 2.45) is 0 Å². The largest absolute Gasteiger partial charge is 0.443 e. The fraction of sp³-hybridized carbons (Fsp3) is 0.533. The van der Waals surface area contributed by atoms with Crippen molar-refractivity contribution in [1.82, 2.24) is 4.90 Å². The molecule has 5 heteroatoms. The zero-order valence-corrected chi connectivity index (χ0v) is 11.7. The van der Waals surface area contributed by atoms with Crippen LogP contribution < -0.4 is 4.90 Å². The summed E-state index contributed by atoms with van der Waals surface area (Å²) in [5, 5.41) is 0. The van der Waals surface area contributed by atoms with Crippen molar-refractivity contribution in [3.8, 4) is 0 Å². The van der Waals surface area contributed by atoms with E-state index in [2.05, 4.69) is 4.90 Å². The van der Waals surface area contributed by atoms with Gasteiger partial charge in [-0.25, -0.2) is 4.79 Å². The van der Waals surface area contributed by atoms with Gasteiger partial charge in [-0.2, -0.15) is 0 Å². The van der Waals surface area contributed by atoms with Gasteiger partial charge >= 0.3 is 6.09 Å². The number of carbonyl (C=O) groups is 1. The minimum atomic E-state index is -0.243. The van der Waals surface area contributed by atoms with Crippen molar-refractivity contribution in [2.75, 3.05) is 44.3 Å². The van der Waals surface area contributed by atoms with Crippen LogP contribution in [0.1, 0.15) is 5.56 Å². The van der Waals surface area contributed by atoms with E-state index in [9.17, 15) is 4.79 Å². The summed E-state index contributed by atoms with van der Waals surface area (Å²) in [6, 6.07) is 7.96. The monoisotopic (exact) mass is 276 g/mol. The number of cyclic esters (lactones) is 1. The Hall–Kier alpha value is -1.59. The molecule has 3 rings (SSSR count). The number of ether oxygens (including phenoxy) is 2. The fourth-order valence-electron chi connectivity index (χ4n) is 2.62. The SMILES string of the molecule is Cc1ccc(N2CC(CN3CCOCC3)OC2=O)cc1. The number of anilines is 1. The zero-order valence-electron chi connectivity index (χ0n) is 11.7. The first-order valence-electron chi connectivity index (χ1n) is 7.07. The Morgan fingerprint density at radius 3 is 2.60 bits per heavy atom. The predicted octanol–water partition coefficient (Wildman–Crippen LogP) is 1.65. The number of nitrogens with zero attached hydrogens (tertiary/aromatic N) is 2. The lowest BCUT2D eigenvalue weighted by Gasteiger charge is -2.28. The second-order valence-electron chi connectivity index (χ2n) is 5.36. The molecule has 0 radical (unpaired) electrons. The molecular weight excluding hydrogens is 256 g/mol. The van der Waals surface area contributed by atoms with E-state index in [-0.39, 0.29) is 12.2 Å². The average Bonchev–Trinajstić information content (AvgIpc) is 2.81. The van der Waals surface area contributed by atoms with Gasteiger partial charge in [0.2, 0.25) is 0 Å². The molecule has 2 saturated heterocycles. The predicted molar refractivity (Wildman–Crippen MR) is 76.1 cm³/mol. The van der Waals surface area contributed by atoms with Gasteiger partial charge in [0.1, 0.15) is 6.10 Å². The molecule has 20 heavy (non-hydrogen) atoms. The van der Waals surface area contributed by atoms with E-state index in [0.717, 1.165) is 38.5 Å². The van der Waals surface area contributed by atoms with Gasteiger partial charge in [0.05, 0.1) is 19.8 Å². The fourth-order valence-corrected chi connectivity index (χ4v) is 2.62. The van der Waals surface area contributed by atoms with Crippen molar-refractivity contribution in [2.45, 2.75) is 13.0 Å². The summed E-state index contributed by atoms with van der Waals surface area (Å²) in [7, 11) is 0. The van der Waals surface area contributed by atoms with Crippen molar-refractivity contribution in [3.05, 3.63) is 29.8 Å². The van der Waals surface area contributed by atoms with Gasteiger partial charge in [0, 0.05) is 25.3 Å². The van der Waals surface area contributed by atoms with E-state index in [4.69, 9.17) is 9.47 Å². The third-order valence-corrected chi connectivity index (χ3v) is 3.79. The Balaban J connectivity index is 1.61. The van der Waals surface area contributed by atoms with Gasteiger partial charge in [-0.15, -0.1) is 0 Å². The van der Waals surface area contributed by atoms with Crippen LogP contribution >= 0.6 is 0 Å². The Labute approximate surface area is 119 Å². The lowest BCUT2D eigenvalue weighted by Crippen LogP contribution is -2.42. The second-order valence-corrected chi connectivity index (χ2v) is 5.36. The van der Waals surface area contributed by atoms with Crippen LogP contribution in [0.4, 0.5) is 10.5 Å². The third-order valence-electron chi connectivity index (χ3n) is 3.79. The first-order valence-corrected chi connectivity index (χ1v) is 7.07. The van der Waals surface area contributed by atoms with Crippen molar-refractivity contribution in [1.29, 1.82) is 0 Å². The van der Waals surface area contributed by atoms with Crippen LogP contribution in [0.15, 0.2) is 24.3 Å². The first kappa shape index (κ1) is 13.4. The molecular formula is C15H20N2O3. The number of morpholine rings is 1. The minimum Gasteiger partial charge on any atom is -0.443 e. The maximum absolute atomic E-state index is 12.0. The number of amides is 1. The summed E-state index contributed by atoms with van der Waals surface area (Å²) >= 11 is 0. The summed E-state index contributed by atoms with van der Waals surface area (Å²) < 4.78 is 10.8. The Bertz CT molecular complexity index is 469. The summed E-state index contributed by atoms with van der Waals surface area (Å²) in [5.41, 5.74) is 2.09. The molecule has 2 heterocycles. The Morgan fingerprint density at radius 1 is 1.20 bits per heavy atom. The van der Waals surface area contributed by atoms with Crippen LogP contribution in [0.25, 0.3) is 0 Å². The zero-order chi connectivity index (χ0) is 13.9. The summed E-state index contributed by atoms with van der Waals surface area (Å²) in [6.45, 7) is 6.81. The molecule has 0 saturated carbocycles. The van der Waals surface area contributed by atoms with Crippen LogP contribution in [-0.2, 0) is 9.47 Å². The van der Waals surface area contributed by atoms with Crippen LogP contribution in [0, 0.1) is 6.92 Å². The highest BCUT2D eigenvalue weighted by Gasteiger charge is 2.33. The van der Waals surface area contributed by atoms with Crippen molar-refractivity contribution in [3.63, 3.8) is 0 Å². The molecule has 0 bridgehead atoms.